The van der Waals surface area contributed by atoms with Gasteiger partial charge in [0.2, 0.25) is 23.6 Å². The number of hydrogen-bond acceptors (Lipinski definition) is 8. The minimum Gasteiger partial charge on any atom is -0.356 e. The van der Waals surface area contributed by atoms with Gasteiger partial charge in [-0.2, -0.15) is 0 Å². The molecule has 0 aromatic heterocycles. The number of carbonyl (C=O) groups excluding carboxylic acids is 4. The van der Waals surface area contributed by atoms with Gasteiger partial charge >= 0.3 is 0 Å². The molecule has 4 N–H and O–H groups in total. The second-order valence-electron chi connectivity index (χ2n) is 44.3. The zero-order valence-electron chi connectivity index (χ0n) is 94.5. The van der Waals surface area contributed by atoms with Crippen LogP contribution in [0.4, 0.5) is 0 Å². The van der Waals surface area contributed by atoms with E-state index in [2.05, 4.69) is 160 Å². The Morgan fingerprint density at radius 1 is 0.164 bits per heavy atom. The fourth-order valence-electron chi connectivity index (χ4n) is 22.3. The number of nitrogens with one attached hydrogen (secondary N) is 4. The minimum atomic E-state index is 0.248. The van der Waals surface area contributed by atoms with Gasteiger partial charge in [0.15, 0.2) is 0 Å². The Labute approximate surface area is 856 Å². The summed E-state index contributed by atoms with van der Waals surface area (Å²) < 4.78 is 5.11. The highest BCUT2D eigenvalue weighted by atomic mass is 33.1. The van der Waals surface area contributed by atoms with Crippen molar-refractivity contribution in [2.45, 2.75) is 636 Å². The lowest BCUT2D eigenvalue weighted by atomic mass is 10.0. The highest BCUT2D eigenvalue weighted by molar-refractivity contribution is 8.77. The van der Waals surface area contributed by atoms with Gasteiger partial charge in [0.05, 0.1) is 101 Å². The number of rotatable bonds is 104. The first-order chi connectivity index (χ1) is 64.8. The maximum Gasteiger partial charge on any atom is 0.219 e. The summed E-state index contributed by atoms with van der Waals surface area (Å²) >= 11 is 0. The SMILES string of the molecule is CC[N+](CCCCCCCCCCCCCCCC(=O)NCCCCCCSSCCCCCCNC(=O)CCCCCCCCCCCCCCC[N+](CC)(C(C)C)C(C)C)(C(C)C)C(C)C.CC[N+](CCCCCCCCCCCCCCCC(=O)NCCCCCSSCCCCCNC(=O)CCCCCCCCCCCCCCC[N+](CC)(C(C)C)C(C)C)(C(C)C)C(C)C. The second kappa shape index (κ2) is 96.9. The molecule has 134 heavy (non-hydrogen) atoms. The van der Waals surface area contributed by atoms with E-state index in [1.165, 1.54) is 466 Å². The van der Waals surface area contributed by atoms with Crippen LogP contribution in [-0.4, -0.2) is 191 Å². The van der Waals surface area contributed by atoms with Gasteiger partial charge in [0, 0.05) is 74.9 Å². The van der Waals surface area contributed by atoms with Crippen LogP contribution in [0.1, 0.15) is 588 Å². The Bertz CT molecular complexity index is 2310. The van der Waals surface area contributed by atoms with Crippen LogP contribution >= 0.6 is 43.2 Å². The summed E-state index contributed by atoms with van der Waals surface area (Å²) in [6.07, 6.45) is 89.4. The van der Waals surface area contributed by atoms with E-state index in [0.717, 1.165) is 126 Å². The lowest BCUT2D eigenvalue weighted by molar-refractivity contribution is -0.965. The maximum absolute atomic E-state index is 12.2. The molecule has 0 aliphatic rings. The van der Waals surface area contributed by atoms with Crippen LogP contribution in [0.15, 0.2) is 0 Å². The third kappa shape index (κ3) is 75.8. The van der Waals surface area contributed by atoms with Crippen molar-refractivity contribution in [2.24, 2.45) is 0 Å². The highest BCUT2D eigenvalue weighted by Gasteiger charge is 2.36. The van der Waals surface area contributed by atoms with Crippen LogP contribution in [0.25, 0.3) is 0 Å². The van der Waals surface area contributed by atoms with Gasteiger partial charge in [0.1, 0.15) is 0 Å². The quantitative estimate of drug-likeness (QED) is 0.0270. The first-order valence-corrected chi connectivity index (χ1v) is 64.8. The lowest BCUT2D eigenvalue weighted by Crippen LogP contribution is -2.58. The summed E-state index contributed by atoms with van der Waals surface area (Å²) in [5, 5.41) is 12.6. The fourth-order valence-corrected chi connectivity index (χ4v) is 26.8. The van der Waals surface area contributed by atoms with E-state index < -0.39 is 0 Å². The molecule has 4 amide bonds. The third-order valence-corrected chi connectivity index (χ3v) is 37.2. The van der Waals surface area contributed by atoms with Gasteiger partial charge in [-0.05, 0) is 267 Å². The molecule has 0 saturated heterocycles. The number of nitrogens with zero attached hydrogens (tertiary/aromatic N) is 4. The van der Waals surface area contributed by atoms with Crippen LogP contribution < -0.4 is 21.3 Å². The Morgan fingerprint density at radius 3 is 0.410 bits per heavy atom. The smallest absolute Gasteiger partial charge is 0.219 e. The summed E-state index contributed by atoms with van der Waals surface area (Å²) in [5.74, 6) is 5.87. The van der Waals surface area contributed by atoms with Crippen LogP contribution in [0, 0.1) is 0 Å². The number of hydrogen-bond donors (Lipinski definition) is 4. The Hall–Kier alpha value is -0.880. The zero-order valence-corrected chi connectivity index (χ0v) is 97.8. The second-order valence-corrected chi connectivity index (χ2v) is 49.7. The molecule has 0 bridgehead atoms. The van der Waals surface area contributed by atoms with Crippen molar-refractivity contribution in [1.29, 1.82) is 0 Å². The Morgan fingerprint density at radius 2 is 0.276 bits per heavy atom. The summed E-state index contributed by atoms with van der Waals surface area (Å²) in [4.78, 5) is 49.0. The van der Waals surface area contributed by atoms with E-state index in [0.29, 0.717) is 25.7 Å². The molecule has 0 spiro atoms. The van der Waals surface area contributed by atoms with E-state index in [1.54, 1.807) is 0 Å². The molecule has 0 atom stereocenters. The van der Waals surface area contributed by atoms with Crippen molar-refractivity contribution in [3.63, 3.8) is 0 Å². The van der Waals surface area contributed by atoms with Crippen LogP contribution in [0.3, 0.4) is 0 Å². The third-order valence-electron chi connectivity index (χ3n) is 32.1. The molecule has 12 nitrogen and oxygen atoms in total. The molecule has 0 aromatic rings. The summed E-state index contributed by atoms with van der Waals surface area (Å²) in [5.41, 5.74) is 0. The molecule has 0 saturated carbocycles. The molecule has 800 valence electrons. The molecular formula is C118H244N8O4S4+4. The van der Waals surface area contributed by atoms with Crippen LogP contribution in [-0.2, 0) is 19.2 Å². The molecule has 0 aliphatic heterocycles. The van der Waals surface area contributed by atoms with Crippen molar-refractivity contribution in [3.05, 3.63) is 0 Å². The summed E-state index contributed by atoms with van der Waals surface area (Å²) in [6.45, 7) is 61.8. The van der Waals surface area contributed by atoms with Gasteiger partial charge in [-0.15, -0.1) is 0 Å². The summed E-state index contributed by atoms with van der Waals surface area (Å²) in [7, 11) is 8.06. The van der Waals surface area contributed by atoms with E-state index in [4.69, 9.17) is 0 Å². The van der Waals surface area contributed by atoms with Gasteiger partial charge in [0.25, 0.3) is 0 Å². The molecule has 16 heteroatoms. The van der Waals surface area contributed by atoms with Crippen molar-refractivity contribution >= 4 is 66.8 Å². The van der Waals surface area contributed by atoms with Crippen LogP contribution in [0.5, 0.6) is 0 Å². The predicted molar refractivity (Wildman–Crippen MR) is 609 cm³/mol. The molecule has 0 fully saturated rings. The Kier molecular flexibility index (Phi) is 97.7. The molecule has 0 rings (SSSR count). The topological polar surface area (TPSA) is 116 Å². The highest BCUT2D eigenvalue weighted by Crippen LogP contribution is 2.30. The minimum absolute atomic E-state index is 0.248. The van der Waals surface area contributed by atoms with Crippen molar-refractivity contribution in [1.82, 2.24) is 21.3 Å². The first-order valence-electron chi connectivity index (χ1n) is 59.8. The molecule has 0 heterocycles. The average molecular weight is 1970 g/mol. The average Bonchev–Trinajstić information content (AvgIpc) is 0.850. The lowest BCUT2D eigenvalue weighted by Gasteiger charge is -2.45. The van der Waals surface area contributed by atoms with Gasteiger partial charge < -0.3 is 39.2 Å². The largest absolute Gasteiger partial charge is 0.356 e. The normalized spacial score (nSPS) is 12.4. The predicted octanol–water partition coefficient (Wildman–Crippen LogP) is 35.1. The van der Waals surface area contributed by atoms with E-state index in [-0.39, 0.29) is 23.6 Å². The maximum atomic E-state index is 12.2. The zero-order chi connectivity index (χ0) is 99.4. The van der Waals surface area contributed by atoms with Crippen LogP contribution in [0.2, 0.25) is 0 Å². The number of carbonyl (C=O) groups is 4. The van der Waals surface area contributed by atoms with Crippen molar-refractivity contribution in [3.8, 4) is 0 Å². The fraction of sp³-hybridized carbons (Fsp3) is 0.966. The van der Waals surface area contributed by atoms with E-state index in [1.807, 2.05) is 43.2 Å². The standard InChI is InChI=1S/C60H122N4O2S2.C58H118N4O2S2/c1-11-63(55(3)4,56(5)6)51-43-35-29-25-21-17-13-15-19-23-27-31-39-47-59(65)61-49-41-33-37-45-53-67-68-54-46-38-34-42-50-62-60(66)48-40-32-28-24-20-16-14-18-22-26-30-36-44-52-64(12-2,57(7)8)58(9)10;1-11-61(53(3)4,54(5)6)49-41-33-29-25-21-17-13-15-19-23-27-31-37-45-57(63)59-47-39-35-43-51-65-66-52-44-36-40-48-60-58(64)46-38-32-28-24-20-16-14-18-22-26-30-34-42-50-62(12-2,55(7)8)56(9)10/h55-58H,11-54H2,1-10H3;53-56H,11-52H2,1-10H3/p+4. The van der Waals surface area contributed by atoms with Gasteiger partial charge in [-0.25, -0.2) is 0 Å². The number of quaternary nitrogens is 4. The molecule has 0 unspecified atom stereocenters. The monoisotopic (exact) mass is 1970 g/mol. The molecule has 0 aromatic carbocycles. The first kappa shape index (κ1) is 135. The van der Waals surface area contributed by atoms with Crippen molar-refractivity contribution in [2.75, 3.05) is 102 Å². The van der Waals surface area contributed by atoms with E-state index in [9.17, 15) is 19.2 Å². The number of amides is 4. The molecule has 0 radical (unpaired) electrons. The number of unbranched alkanes of at least 4 members (excludes halogenated alkanes) is 58. The van der Waals surface area contributed by atoms with Gasteiger partial charge in [-0.3, -0.25) is 19.2 Å². The Balaban J connectivity index is 0. The molecule has 0 aliphatic carbocycles. The molecular weight excluding hydrogens is 1720 g/mol. The van der Waals surface area contributed by atoms with Gasteiger partial charge in [-0.1, -0.05) is 339 Å². The van der Waals surface area contributed by atoms with Crippen molar-refractivity contribution < 1.29 is 37.1 Å². The van der Waals surface area contributed by atoms with E-state index >= 15 is 0 Å². The summed E-state index contributed by atoms with van der Waals surface area (Å²) in [6, 6.07) is 5.80.